The van der Waals surface area contributed by atoms with E-state index in [2.05, 4.69) is 42.2 Å². The maximum Gasteiger partial charge on any atom is 0.0952 e. The van der Waals surface area contributed by atoms with Crippen LogP contribution in [0, 0.1) is 0 Å². The van der Waals surface area contributed by atoms with Crippen molar-refractivity contribution in [1.29, 1.82) is 0 Å². The Morgan fingerprint density at radius 2 is 2.00 bits per heavy atom. The molecule has 0 amide bonds. The molecule has 0 spiro atoms. The van der Waals surface area contributed by atoms with Gasteiger partial charge in [0.05, 0.1) is 18.8 Å². The molecule has 3 nitrogen and oxygen atoms in total. The van der Waals surface area contributed by atoms with E-state index < -0.39 is 0 Å². The fraction of sp³-hybridized carbons (Fsp3) is 0.647. The predicted molar refractivity (Wildman–Crippen MR) is 79.8 cm³/mol. The van der Waals surface area contributed by atoms with Crippen molar-refractivity contribution >= 4 is 0 Å². The predicted octanol–water partition coefficient (Wildman–Crippen LogP) is 3.02. The van der Waals surface area contributed by atoms with Gasteiger partial charge in [0.1, 0.15) is 0 Å². The van der Waals surface area contributed by atoms with E-state index >= 15 is 0 Å². The molecule has 2 heterocycles. The second kappa shape index (κ2) is 6.70. The molecular formula is C17H25NO2. The SMILES string of the molecule is C[C@@H]1CO[C@H](c2ccccc2)CN1C[C@@H]1CCCCO1. The van der Waals surface area contributed by atoms with E-state index in [1.807, 2.05) is 0 Å². The lowest BCUT2D eigenvalue weighted by molar-refractivity contribution is -0.0852. The summed E-state index contributed by atoms with van der Waals surface area (Å²) in [5, 5.41) is 0. The first kappa shape index (κ1) is 14.1. The molecule has 110 valence electrons. The molecular weight excluding hydrogens is 250 g/mol. The van der Waals surface area contributed by atoms with Gasteiger partial charge in [-0.2, -0.15) is 0 Å². The summed E-state index contributed by atoms with van der Waals surface area (Å²) in [6.07, 6.45) is 4.37. The van der Waals surface area contributed by atoms with Crippen LogP contribution in [0.25, 0.3) is 0 Å². The van der Waals surface area contributed by atoms with Crippen molar-refractivity contribution < 1.29 is 9.47 Å². The highest BCUT2D eigenvalue weighted by molar-refractivity contribution is 5.18. The van der Waals surface area contributed by atoms with E-state index in [0.29, 0.717) is 12.1 Å². The highest BCUT2D eigenvalue weighted by Gasteiger charge is 2.29. The van der Waals surface area contributed by atoms with Gasteiger partial charge in [-0.25, -0.2) is 0 Å². The molecule has 3 heteroatoms. The number of hydrogen-bond acceptors (Lipinski definition) is 3. The lowest BCUT2D eigenvalue weighted by atomic mass is 10.0. The van der Waals surface area contributed by atoms with Crippen LogP contribution < -0.4 is 0 Å². The van der Waals surface area contributed by atoms with Crippen LogP contribution in [0.3, 0.4) is 0 Å². The molecule has 3 rings (SSSR count). The summed E-state index contributed by atoms with van der Waals surface area (Å²) in [5.74, 6) is 0. The summed E-state index contributed by atoms with van der Waals surface area (Å²) >= 11 is 0. The normalized spacial score (nSPS) is 32.1. The number of rotatable bonds is 3. The zero-order chi connectivity index (χ0) is 13.8. The van der Waals surface area contributed by atoms with Gasteiger partial charge in [-0.3, -0.25) is 4.90 Å². The first-order valence-corrected chi connectivity index (χ1v) is 7.85. The van der Waals surface area contributed by atoms with E-state index in [1.54, 1.807) is 0 Å². The Bertz CT molecular complexity index is 403. The molecule has 0 aliphatic carbocycles. The summed E-state index contributed by atoms with van der Waals surface area (Å²) in [5.41, 5.74) is 1.29. The van der Waals surface area contributed by atoms with E-state index in [-0.39, 0.29) is 6.10 Å². The largest absolute Gasteiger partial charge is 0.377 e. The topological polar surface area (TPSA) is 21.7 Å². The van der Waals surface area contributed by atoms with Crippen molar-refractivity contribution in [3.8, 4) is 0 Å². The highest BCUT2D eigenvalue weighted by atomic mass is 16.5. The van der Waals surface area contributed by atoms with Gasteiger partial charge in [0.25, 0.3) is 0 Å². The monoisotopic (exact) mass is 275 g/mol. The Labute approximate surface area is 121 Å². The second-order valence-electron chi connectivity index (χ2n) is 6.02. The molecule has 0 unspecified atom stereocenters. The third-order valence-corrected chi connectivity index (χ3v) is 4.45. The van der Waals surface area contributed by atoms with Crippen molar-refractivity contribution in [2.24, 2.45) is 0 Å². The van der Waals surface area contributed by atoms with E-state index in [1.165, 1.54) is 24.8 Å². The molecule has 2 saturated heterocycles. The summed E-state index contributed by atoms with van der Waals surface area (Å²) in [4.78, 5) is 2.54. The van der Waals surface area contributed by atoms with Crippen molar-refractivity contribution in [2.45, 2.75) is 44.4 Å². The maximum absolute atomic E-state index is 6.01. The molecule has 1 aromatic carbocycles. The van der Waals surface area contributed by atoms with Gasteiger partial charge in [-0.05, 0) is 31.7 Å². The molecule has 0 bridgehead atoms. The van der Waals surface area contributed by atoms with Gasteiger partial charge >= 0.3 is 0 Å². The number of benzene rings is 1. The minimum Gasteiger partial charge on any atom is -0.377 e. The summed E-state index contributed by atoms with van der Waals surface area (Å²) in [6.45, 7) is 6.03. The Morgan fingerprint density at radius 1 is 1.15 bits per heavy atom. The average Bonchev–Trinajstić information content (AvgIpc) is 2.51. The van der Waals surface area contributed by atoms with Crippen LogP contribution in [0.4, 0.5) is 0 Å². The van der Waals surface area contributed by atoms with Crippen LogP contribution in [0.1, 0.15) is 37.9 Å². The first-order valence-electron chi connectivity index (χ1n) is 7.85. The van der Waals surface area contributed by atoms with Gasteiger partial charge < -0.3 is 9.47 Å². The van der Waals surface area contributed by atoms with E-state index in [0.717, 1.165) is 26.3 Å². The summed E-state index contributed by atoms with van der Waals surface area (Å²) in [7, 11) is 0. The maximum atomic E-state index is 6.01. The van der Waals surface area contributed by atoms with Crippen LogP contribution in [0.5, 0.6) is 0 Å². The zero-order valence-corrected chi connectivity index (χ0v) is 12.3. The van der Waals surface area contributed by atoms with E-state index in [4.69, 9.17) is 9.47 Å². The molecule has 2 aliphatic heterocycles. The smallest absolute Gasteiger partial charge is 0.0952 e. The molecule has 3 atom stereocenters. The summed E-state index contributed by atoms with van der Waals surface area (Å²) in [6, 6.07) is 11.0. The van der Waals surface area contributed by atoms with Crippen LogP contribution in [0.2, 0.25) is 0 Å². The van der Waals surface area contributed by atoms with E-state index in [9.17, 15) is 0 Å². The highest BCUT2D eigenvalue weighted by Crippen LogP contribution is 2.26. The van der Waals surface area contributed by atoms with Crippen molar-refractivity contribution in [1.82, 2.24) is 4.90 Å². The molecule has 1 aromatic rings. The van der Waals surface area contributed by atoms with Gasteiger partial charge in [-0.15, -0.1) is 0 Å². The third kappa shape index (κ3) is 3.40. The second-order valence-corrected chi connectivity index (χ2v) is 6.02. The fourth-order valence-electron chi connectivity index (χ4n) is 3.14. The average molecular weight is 275 g/mol. The molecule has 2 fully saturated rings. The Balaban J connectivity index is 1.61. The lowest BCUT2D eigenvalue weighted by Gasteiger charge is -2.40. The number of hydrogen-bond donors (Lipinski definition) is 0. The Morgan fingerprint density at radius 3 is 2.75 bits per heavy atom. The molecule has 0 N–H and O–H groups in total. The number of morpholine rings is 1. The zero-order valence-electron chi connectivity index (χ0n) is 12.3. The first-order chi connectivity index (χ1) is 9.83. The standard InChI is InChI=1S/C17H25NO2/c1-14-13-20-17(15-7-3-2-4-8-15)12-18(14)11-16-9-5-6-10-19-16/h2-4,7-8,14,16-17H,5-6,9-13H2,1H3/t14-,16+,17+/m1/s1. The third-order valence-electron chi connectivity index (χ3n) is 4.45. The minimum atomic E-state index is 0.205. The van der Waals surface area contributed by atoms with Crippen LogP contribution in [-0.2, 0) is 9.47 Å². The molecule has 20 heavy (non-hydrogen) atoms. The fourth-order valence-corrected chi connectivity index (χ4v) is 3.14. The van der Waals surface area contributed by atoms with Crippen molar-refractivity contribution in [2.75, 3.05) is 26.3 Å². The summed E-state index contributed by atoms with van der Waals surface area (Å²) < 4.78 is 11.9. The molecule has 2 aliphatic rings. The van der Waals surface area contributed by atoms with Crippen LogP contribution in [0.15, 0.2) is 30.3 Å². The van der Waals surface area contributed by atoms with Crippen LogP contribution >= 0.6 is 0 Å². The minimum absolute atomic E-state index is 0.205. The lowest BCUT2D eigenvalue weighted by Crippen LogP contribution is -2.48. The molecule has 0 radical (unpaired) electrons. The number of ether oxygens (including phenoxy) is 2. The number of nitrogens with zero attached hydrogens (tertiary/aromatic N) is 1. The van der Waals surface area contributed by atoms with Gasteiger partial charge in [0.2, 0.25) is 0 Å². The van der Waals surface area contributed by atoms with Gasteiger partial charge in [0, 0.05) is 25.7 Å². The van der Waals surface area contributed by atoms with Crippen molar-refractivity contribution in [3.05, 3.63) is 35.9 Å². The molecule has 0 saturated carbocycles. The van der Waals surface area contributed by atoms with Gasteiger partial charge in [-0.1, -0.05) is 30.3 Å². The van der Waals surface area contributed by atoms with Crippen LogP contribution in [-0.4, -0.2) is 43.3 Å². The quantitative estimate of drug-likeness (QED) is 0.846. The Hall–Kier alpha value is -0.900. The Kier molecular flexibility index (Phi) is 4.71. The van der Waals surface area contributed by atoms with Gasteiger partial charge in [0.15, 0.2) is 0 Å². The van der Waals surface area contributed by atoms with Crippen molar-refractivity contribution in [3.63, 3.8) is 0 Å². The molecule has 0 aromatic heterocycles.